The van der Waals surface area contributed by atoms with Gasteiger partial charge < -0.3 is 0 Å². The monoisotopic (exact) mass is 128 g/mol. The van der Waals surface area contributed by atoms with Gasteiger partial charge in [-0.3, -0.25) is 5.43 Å². The van der Waals surface area contributed by atoms with Gasteiger partial charge in [-0.15, -0.1) is 5.10 Å². The van der Waals surface area contributed by atoms with E-state index in [0.717, 1.165) is 6.42 Å². The van der Waals surface area contributed by atoms with Crippen LogP contribution < -0.4 is 5.43 Å². The first-order chi connectivity index (χ1) is 4.33. The van der Waals surface area contributed by atoms with E-state index in [9.17, 15) is 4.48 Å². The molecule has 9 heavy (non-hydrogen) atoms. The summed E-state index contributed by atoms with van der Waals surface area (Å²) < 4.78 is 12.1. The van der Waals surface area contributed by atoms with Crippen molar-refractivity contribution < 1.29 is 4.48 Å². The van der Waals surface area contributed by atoms with Gasteiger partial charge in [-0.2, -0.15) is 0 Å². The Balaban J connectivity index is 2.59. The SMILES string of the molecule is CCC1=NN(F)N[C]=C1. The smallest absolute Gasteiger partial charge is 0.0855 e. The van der Waals surface area contributed by atoms with Crippen molar-refractivity contribution in [3.8, 4) is 0 Å². The molecule has 1 aliphatic heterocycles. The van der Waals surface area contributed by atoms with Crippen LogP contribution in [0, 0.1) is 6.20 Å². The van der Waals surface area contributed by atoms with E-state index >= 15 is 0 Å². The molecular weight excluding hydrogens is 121 g/mol. The van der Waals surface area contributed by atoms with E-state index in [0.29, 0.717) is 5.71 Å². The van der Waals surface area contributed by atoms with Gasteiger partial charge >= 0.3 is 0 Å². The highest BCUT2D eigenvalue weighted by molar-refractivity contribution is 5.94. The van der Waals surface area contributed by atoms with Crippen molar-refractivity contribution in [2.45, 2.75) is 13.3 Å². The minimum absolute atomic E-state index is 0.138. The maximum absolute atomic E-state index is 12.1. The normalized spacial score (nSPS) is 17.1. The average molecular weight is 128 g/mol. The highest BCUT2D eigenvalue weighted by Crippen LogP contribution is 1.96. The zero-order chi connectivity index (χ0) is 6.69. The lowest BCUT2D eigenvalue weighted by atomic mass is 10.3. The van der Waals surface area contributed by atoms with Crippen LogP contribution in [0.15, 0.2) is 11.2 Å². The number of hydrogen-bond donors (Lipinski definition) is 1. The molecule has 1 N–H and O–H groups in total. The van der Waals surface area contributed by atoms with Crippen LogP contribution >= 0.6 is 0 Å². The van der Waals surface area contributed by atoms with Crippen LogP contribution in [0.4, 0.5) is 4.48 Å². The highest BCUT2D eigenvalue weighted by Gasteiger charge is 2.01. The van der Waals surface area contributed by atoms with E-state index in [1.807, 2.05) is 6.92 Å². The maximum Gasteiger partial charge on any atom is 0.0855 e. The van der Waals surface area contributed by atoms with E-state index in [-0.39, 0.29) is 5.34 Å². The Morgan fingerprint density at radius 2 is 2.78 bits per heavy atom. The zero-order valence-electron chi connectivity index (χ0n) is 5.06. The third-order valence-corrected chi connectivity index (χ3v) is 0.974. The first kappa shape index (κ1) is 6.07. The number of rotatable bonds is 1. The first-order valence-corrected chi connectivity index (χ1v) is 2.70. The van der Waals surface area contributed by atoms with E-state index in [4.69, 9.17) is 0 Å². The molecule has 0 amide bonds. The van der Waals surface area contributed by atoms with Crippen LogP contribution in [0.2, 0.25) is 0 Å². The first-order valence-electron chi connectivity index (χ1n) is 2.70. The molecule has 0 saturated carbocycles. The van der Waals surface area contributed by atoms with E-state index in [1.165, 1.54) is 0 Å². The molecule has 0 aromatic heterocycles. The number of nitrogens with one attached hydrogen (secondary N) is 1. The second-order valence-electron chi connectivity index (χ2n) is 1.61. The van der Waals surface area contributed by atoms with E-state index < -0.39 is 0 Å². The third kappa shape index (κ3) is 1.42. The minimum Gasteiger partial charge on any atom is -0.251 e. The lowest BCUT2D eigenvalue weighted by Gasteiger charge is -2.10. The van der Waals surface area contributed by atoms with Crippen LogP contribution in [-0.2, 0) is 0 Å². The lowest BCUT2D eigenvalue weighted by Crippen LogP contribution is -2.25. The van der Waals surface area contributed by atoms with Crippen molar-refractivity contribution in [1.29, 1.82) is 0 Å². The Morgan fingerprint density at radius 3 is 3.22 bits per heavy atom. The van der Waals surface area contributed by atoms with Crippen LogP contribution in [0.3, 0.4) is 0 Å². The van der Waals surface area contributed by atoms with Crippen LogP contribution in [0.1, 0.15) is 13.3 Å². The summed E-state index contributed by atoms with van der Waals surface area (Å²) in [5.41, 5.74) is 2.80. The molecule has 0 unspecified atom stereocenters. The Hall–Kier alpha value is -1.06. The summed E-state index contributed by atoms with van der Waals surface area (Å²) >= 11 is 0. The summed E-state index contributed by atoms with van der Waals surface area (Å²) in [6.45, 7) is 1.90. The number of halogens is 1. The van der Waals surface area contributed by atoms with Crippen LogP contribution in [-0.4, -0.2) is 11.1 Å². The molecule has 1 heterocycles. The van der Waals surface area contributed by atoms with Gasteiger partial charge in [0.05, 0.1) is 11.9 Å². The molecule has 4 heteroatoms. The van der Waals surface area contributed by atoms with Crippen molar-refractivity contribution in [3.05, 3.63) is 12.3 Å². The molecule has 0 atom stereocenters. The molecule has 0 fully saturated rings. The molecule has 1 radical (unpaired) electrons. The van der Waals surface area contributed by atoms with E-state index in [1.54, 1.807) is 6.08 Å². The van der Waals surface area contributed by atoms with Crippen molar-refractivity contribution in [1.82, 2.24) is 10.8 Å². The summed E-state index contributed by atoms with van der Waals surface area (Å²) in [6.07, 6.45) is 4.81. The molecule has 0 aliphatic carbocycles. The standard InChI is InChI=1S/C5H7FN3/c1-2-5-3-4-7-9(6)8-5/h3,7H,2H2,1H3. The predicted molar refractivity (Wildman–Crippen MR) is 31.6 cm³/mol. The number of hydrogen-bond acceptors (Lipinski definition) is 3. The Kier molecular flexibility index (Phi) is 1.67. The average Bonchev–Trinajstić information content (AvgIpc) is 1.88. The van der Waals surface area contributed by atoms with Crippen molar-refractivity contribution in [2.75, 3.05) is 0 Å². The van der Waals surface area contributed by atoms with Crippen LogP contribution in [0.25, 0.3) is 0 Å². The molecule has 0 saturated heterocycles. The second-order valence-corrected chi connectivity index (χ2v) is 1.61. The van der Waals surface area contributed by atoms with Gasteiger partial charge in [-0.05, 0) is 17.8 Å². The van der Waals surface area contributed by atoms with Crippen LogP contribution in [0.5, 0.6) is 0 Å². The molecular formula is C5H7FN3. The summed E-state index contributed by atoms with van der Waals surface area (Å²) in [5, 5.41) is 3.59. The van der Waals surface area contributed by atoms with Gasteiger partial charge in [0, 0.05) is 0 Å². The molecule has 49 valence electrons. The predicted octanol–water partition coefficient (Wildman–Crippen LogP) is 0.774. The zero-order valence-corrected chi connectivity index (χ0v) is 5.06. The number of nitrogens with zero attached hydrogens (tertiary/aromatic N) is 2. The number of hydrazine groups is 1. The topological polar surface area (TPSA) is 27.6 Å². The maximum atomic E-state index is 12.1. The van der Waals surface area contributed by atoms with Crippen molar-refractivity contribution in [2.24, 2.45) is 5.10 Å². The fraction of sp³-hybridized carbons (Fsp3) is 0.400. The highest BCUT2D eigenvalue weighted by atomic mass is 19.2. The molecule has 1 aliphatic rings. The summed E-state index contributed by atoms with van der Waals surface area (Å²) in [7, 11) is 0. The van der Waals surface area contributed by atoms with Crippen molar-refractivity contribution >= 4 is 5.71 Å². The van der Waals surface area contributed by atoms with Gasteiger partial charge in [0.2, 0.25) is 0 Å². The Morgan fingerprint density at radius 1 is 2.00 bits per heavy atom. The fourth-order valence-electron chi connectivity index (χ4n) is 0.508. The third-order valence-electron chi connectivity index (χ3n) is 0.974. The summed E-state index contributed by atoms with van der Waals surface area (Å²) in [6, 6.07) is 0. The second kappa shape index (κ2) is 2.48. The van der Waals surface area contributed by atoms with E-state index in [2.05, 4.69) is 16.7 Å². The Labute approximate surface area is 52.7 Å². The molecule has 3 nitrogen and oxygen atoms in total. The largest absolute Gasteiger partial charge is 0.251 e. The minimum atomic E-state index is 0.138. The summed E-state index contributed by atoms with van der Waals surface area (Å²) in [4.78, 5) is 0. The molecule has 0 aromatic carbocycles. The van der Waals surface area contributed by atoms with Gasteiger partial charge in [0.1, 0.15) is 0 Å². The Bertz CT molecular complexity index is 152. The molecule has 0 bridgehead atoms. The molecule has 0 aromatic rings. The number of allylic oxidation sites excluding steroid dienone is 1. The van der Waals surface area contributed by atoms with Crippen molar-refractivity contribution in [3.63, 3.8) is 0 Å². The molecule has 0 spiro atoms. The van der Waals surface area contributed by atoms with Gasteiger partial charge in [-0.25, -0.2) is 0 Å². The lowest BCUT2D eigenvalue weighted by molar-refractivity contribution is -0.0172. The quantitative estimate of drug-likeness (QED) is 0.528. The summed E-state index contributed by atoms with van der Waals surface area (Å²) in [5.74, 6) is 0. The van der Waals surface area contributed by atoms with Gasteiger partial charge in [0.25, 0.3) is 0 Å². The van der Waals surface area contributed by atoms with Gasteiger partial charge in [-0.1, -0.05) is 11.4 Å². The molecule has 1 rings (SSSR count). The number of hydrazone groups is 1. The van der Waals surface area contributed by atoms with Gasteiger partial charge in [0.15, 0.2) is 0 Å². The fourth-order valence-corrected chi connectivity index (χ4v) is 0.508.